The fraction of sp³-hybridized carbons (Fsp3) is 0.214. The van der Waals surface area contributed by atoms with Gasteiger partial charge in [0.1, 0.15) is 0 Å². The number of benzene rings is 1. The van der Waals surface area contributed by atoms with E-state index >= 15 is 0 Å². The summed E-state index contributed by atoms with van der Waals surface area (Å²) in [5, 5.41) is 14.8. The van der Waals surface area contributed by atoms with Crippen LogP contribution in [-0.4, -0.2) is 26.4 Å². The van der Waals surface area contributed by atoms with Crippen LogP contribution in [0.1, 0.15) is 39.0 Å². The zero-order valence-corrected chi connectivity index (χ0v) is 11.8. The summed E-state index contributed by atoms with van der Waals surface area (Å²) < 4.78 is 1.10. The fourth-order valence-corrected chi connectivity index (χ4v) is 2.22. The first-order valence-electron chi connectivity index (χ1n) is 6.19. The van der Waals surface area contributed by atoms with Crippen molar-refractivity contribution >= 4 is 17.4 Å². The lowest BCUT2D eigenvalue weighted by Gasteiger charge is -2.03. The molecule has 0 aliphatic rings. The molecule has 1 heterocycles. The molecule has 7 nitrogen and oxygen atoms in total. The Bertz CT molecular complexity index is 762. The summed E-state index contributed by atoms with van der Waals surface area (Å²) in [7, 11) is 0. The zero-order valence-electron chi connectivity index (χ0n) is 11.8. The number of nitrogens with zero attached hydrogens (tertiary/aromatic N) is 3. The van der Waals surface area contributed by atoms with Crippen molar-refractivity contribution in [3.05, 3.63) is 56.9 Å². The number of hydrogen-bond donors (Lipinski definition) is 0. The van der Waals surface area contributed by atoms with Gasteiger partial charge in [-0.1, -0.05) is 6.07 Å². The van der Waals surface area contributed by atoms with Crippen molar-refractivity contribution in [1.29, 1.82) is 0 Å². The molecule has 0 fully saturated rings. The molecular weight excluding hydrogens is 274 g/mol. The predicted octanol–water partition coefficient (Wildman–Crippen LogP) is 2.30. The normalized spacial score (nSPS) is 10.4. The molecule has 0 N–H and O–H groups in total. The molecule has 0 unspecified atom stereocenters. The summed E-state index contributed by atoms with van der Waals surface area (Å²) in [6, 6.07) is 5.40. The van der Waals surface area contributed by atoms with Crippen LogP contribution in [0.2, 0.25) is 0 Å². The van der Waals surface area contributed by atoms with Gasteiger partial charge in [0.2, 0.25) is 0 Å². The second-order valence-corrected chi connectivity index (χ2v) is 4.63. The number of carbonyl (C=O) groups is 2. The molecular formula is C14H13N3O4. The second kappa shape index (κ2) is 5.28. The first-order valence-corrected chi connectivity index (χ1v) is 6.19. The average molecular weight is 287 g/mol. The minimum Gasteiger partial charge on any atom is -0.294 e. The molecule has 0 aliphatic heterocycles. The van der Waals surface area contributed by atoms with Crippen molar-refractivity contribution in [2.75, 3.05) is 0 Å². The topological polar surface area (TPSA) is 95.1 Å². The van der Waals surface area contributed by atoms with Crippen LogP contribution in [0.3, 0.4) is 0 Å². The van der Waals surface area contributed by atoms with Crippen molar-refractivity contribution in [1.82, 2.24) is 9.78 Å². The van der Waals surface area contributed by atoms with Crippen LogP contribution in [0.15, 0.2) is 24.3 Å². The van der Waals surface area contributed by atoms with Crippen molar-refractivity contribution < 1.29 is 14.5 Å². The number of carbonyl (C=O) groups excluding carboxylic acids is 2. The highest BCUT2D eigenvalue weighted by atomic mass is 16.6. The van der Waals surface area contributed by atoms with Crippen LogP contribution < -0.4 is 0 Å². The lowest BCUT2D eigenvalue weighted by atomic mass is 10.1. The predicted molar refractivity (Wildman–Crippen MR) is 74.5 cm³/mol. The standard InChI is InChI=1S/C14H13N3O4/c1-8-13(10(3)18)9(2)16(15-8)14(19)11-5-4-6-12(7-11)17(20)21/h4-7H,1-3H3. The van der Waals surface area contributed by atoms with Gasteiger partial charge in [-0.15, -0.1) is 0 Å². The molecule has 0 aliphatic carbocycles. The van der Waals surface area contributed by atoms with E-state index in [9.17, 15) is 19.7 Å². The highest BCUT2D eigenvalue weighted by Gasteiger charge is 2.21. The van der Waals surface area contributed by atoms with Gasteiger partial charge in [0.15, 0.2) is 5.78 Å². The van der Waals surface area contributed by atoms with Gasteiger partial charge in [0.25, 0.3) is 11.6 Å². The second-order valence-electron chi connectivity index (χ2n) is 4.63. The third-order valence-corrected chi connectivity index (χ3v) is 3.14. The third kappa shape index (κ3) is 2.58. The van der Waals surface area contributed by atoms with Gasteiger partial charge in [-0.05, 0) is 26.8 Å². The molecule has 2 aromatic rings. The minimum atomic E-state index is -0.570. The van der Waals surface area contributed by atoms with Crippen molar-refractivity contribution in [3.63, 3.8) is 0 Å². The number of rotatable bonds is 3. The first-order chi connectivity index (χ1) is 9.82. The summed E-state index contributed by atoms with van der Waals surface area (Å²) in [4.78, 5) is 34.1. The zero-order chi connectivity index (χ0) is 15.7. The SMILES string of the molecule is CC(=O)c1c(C)nn(C(=O)c2cccc([N+](=O)[O-])c2)c1C. The maximum Gasteiger partial charge on any atom is 0.278 e. The summed E-state index contributed by atoms with van der Waals surface area (Å²) in [6.07, 6.45) is 0. The molecule has 7 heteroatoms. The summed E-state index contributed by atoms with van der Waals surface area (Å²) in [5.74, 6) is -0.685. The smallest absolute Gasteiger partial charge is 0.278 e. The molecule has 0 saturated carbocycles. The molecule has 21 heavy (non-hydrogen) atoms. The van der Waals surface area contributed by atoms with Crippen molar-refractivity contribution in [3.8, 4) is 0 Å². The highest BCUT2D eigenvalue weighted by molar-refractivity contribution is 6.00. The molecule has 1 aromatic carbocycles. The van der Waals surface area contributed by atoms with Gasteiger partial charge in [-0.25, -0.2) is 4.68 Å². The van der Waals surface area contributed by atoms with Crippen molar-refractivity contribution in [2.45, 2.75) is 20.8 Å². The molecule has 2 rings (SSSR count). The van der Waals surface area contributed by atoms with Gasteiger partial charge in [0.05, 0.1) is 21.9 Å². The number of ketones is 1. The van der Waals surface area contributed by atoms with Crippen molar-refractivity contribution in [2.24, 2.45) is 0 Å². The maximum atomic E-state index is 12.4. The van der Waals surface area contributed by atoms with E-state index in [4.69, 9.17) is 0 Å². The maximum absolute atomic E-state index is 12.4. The highest BCUT2D eigenvalue weighted by Crippen LogP contribution is 2.18. The number of hydrogen-bond acceptors (Lipinski definition) is 5. The lowest BCUT2D eigenvalue weighted by molar-refractivity contribution is -0.384. The van der Waals surface area contributed by atoms with E-state index in [-0.39, 0.29) is 17.0 Å². The average Bonchev–Trinajstić information content (AvgIpc) is 2.73. The van der Waals surface area contributed by atoms with E-state index in [2.05, 4.69) is 5.10 Å². The van der Waals surface area contributed by atoms with Gasteiger partial charge in [0, 0.05) is 17.7 Å². The number of aromatic nitrogens is 2. The molecule has 0 bridgehead atoms. The van der Waals surface area contributed by atoms with E-state index in [0.717, 1.165) is 4.68 Å². The Hall–Kier alpha value is -2.83. The Morgan fingerprint density at radius 2 is 1.95 bits per heavy atom. The Morgan fingerprint density at radius 1 is 1.29 bits per heavy atom. The summed E-state index contributed by atoms with van der Waals surface area (Å²) in [6.45, 7) is 4.66. The molecule has 0 saturated heterocycles. The third-order valence-electron chi connectivity index (χ3n) is 3.14. The monoisotopic (exact) mass is 287 g/mol. The first kappa shape index (κ1) is 14.6. The van der Waals surface area contributed by atoms with Gasteiger partial charge in [-0.3, -0.25) is 19.7 Å². The largest absolute Gasteiger partial charge is 0.294 e. The van der Waals surface area contributed by atoms with Gasteiger partial charge in [-0.2, -0.15) is 5.10 Å². The van der Waals surface area contributed by atoms with Crippen LogP contribution in [-0.2, 0) is 0 Å². The Morgan fingerprint density at radius 3 is 2.48 bits per heavy atom. The van der Waals surface area contributed by atoms with Crippen LogP contribution in [0.25, 0.3) is 0 Å². The summed E-state index contributed by atoms with van der Waals surface area (Å²) >= 11 is 0. The van der Waals surface area contributed by atoms with Gasteiger partial charge >= 0.3 is 0 Å². The molecule has 0 spiro atoms. The quantitative estimate of drug-likeness (QED) is 0.490. The van der Waals surface area contributed by atoms with E-state index in [1.54, 1.807) is 13.8 Å². The molecule has 0 amide bonds. The van der Waals surface area contributed by atoms with Crippen LogP contribution >= 0.6 is 0 Å². The van der Waals surface area contributed by atoms with E-state index < -0.39 is 10.8 Å². The molecule has 108 valence electrons. The molecule has 0 atom stereocenters. The van der Waals surface area contributed by atoms with Crippen LogP contribution in [0.5, 0.6) is 0 Å². The number of Topliss-reactive ketones (excluding diaryl/α,β-unsaturated/α-hetero) is 1. The fourth-order valence-electron chi connectivity index (χ4n) is 2.22. The minimum absolute atomic E-state index is 0.143. The number of nitro benzene ring substituents is 1. The summed E-state index contributed by atoms with van der Waals surface area (Å²) in [5.41, 5.74) is 1.25. The number of non-ortho nitro benzene ring substituents is 1. The Labute approximate surface area is 120 Å². The Balaban J connectivity index is 2.51. The van der Waals surface area contributed by atoms with Gasteiger partial charge < -0.3 is 0 Å². The Kier molecular flexibility index (Phi) is 3.66. The van der Waals surface area contributed by atoms with E-state index in [1.807, 2.05) is 0 Å². The van der Waals surface area contributed by atoms with Crippen LogP contribution in [0, 0.1) is 24.0 Å². The molecule has 1 aromatic heterocycles. The molecule has 0 radical (unpaired) electrons. The van der Waals surface area contributed by atoms with E-state index in [0.29, 0.717) is 17.0 Å². The lowest BCUT2D eigenvalue weighted by Crippen LogP contribution is -2.16. The number of aryl methyl sites for hydroxylation is 1. The van der Waals surface area contributed by atoms with E-state index in [1.165, 1.54) is 31.2 Å². The van der Waals surface area contributed by atoms with Crippen LogP contribution in [0.4, 0.5) is 5.69 Å². The number of nitro groups is 1.